The highest BCUT2D eigenvalue weighted by molar-refractivity contribution is 7.17. The highest BCUT2D eigenvalue weighted by atomic mass is 32.1. The van der Waals surface area contributed by atoms with E-state index in [1.165, 1.54) is 11.3 Å². The largest absolute Gasteiger partial charge is 0.493 e. The Bertz CT molecular complexity index is 1200. The van der Waals surface area contributed by atoms with Crippen LogP contribution in [-0.2, 0) is 11.3 Å². The Morgan fingerprint density at radius 2 is 1.81 bits per heavy atom. The van der Waals surface area contributed by atoms with E-state index in [0.717, 1.165) is 11.3 Å². The van der Waals surface area contributed by atoms with Crippen LogP contribution in [0.15, 0.2) is 60.8 Å². The van der Waals surface area contributed by atoms with Gasteiger partial charge in [0.15, 0.2) is 11.5 Å². The molecule has 2 aromatic carbocycles. The zero-order valence-corrected chi connectivity index (χ0v) is 18.2. The SMILES string of the molecule is COc1ccc(-c2nc(C)c(C(=O)OCc3ccn(-c4ccccc4)n3)s2)cc1OC. The van der Waals surface area contributed by atoms with E-state index in [2.05, 4.69) is 10.1 Å². The zero-order valence-electron chi connectivity index (χ0n) is 17.4. The second-order valence-electron chi connectivity index (χ2n) is 6.67. The van der Waals surface area contributed by atoms with Crippen LogP contribution in [0.3, 0.4) is 0 Å². The van der Waals surface area contributed by atoms with E-state index < -0.39 is 5.97 Å². The van der Waals surface area contributed by atoms with E-state index in [0.29, 0.717) is 32.8 Å². The van der Waals surface area contributed by atoms with Gasteiger partial charge < -0.3 is 14.2 Å². The van der Waals surface area contributed by atoms with Gasteiger partial charge in [0.25, 0.3) is 0 Å². The van der Waals surface area contributed by atoms with Crippen LogP contribution in [0.2, 0.25) is 0 Å². The summed E-state index contributed by atoms with van der Waals surface area (Å²) in [4.78, 5) is 17.7. The predicted molar refractivity (Wildman–Crippen MR) is 118 cm³/mol. The number of aromatic nitrogens is 3. The molecule has 0 bridgehead atoms. The Kier molecular flexibility index (Phi) is 5.99. The molecule has 0 spiro atoms. The Labute approximate surface area is 183 Å². The van der Waals surface area contributed by atoms with Gasteiger partial charge in [0.2, 0.25) is 0 Å². The molecule has 31 heavy (non-hydrogen) atoms. The average molecular weight is 436 g/mol. The molecule has 0 fully saturated rings. The van der Waals surface area contributed by atoms with Crippen molar-refractivity contribution in [2.45, 2.75) is 13.5 Å². The van der Waals surface area contributed by atoms with E-state index in [1.54, 1.807) is 25.8 Å². The van der Waals surface area contributed by atoms with Crippen LogP contribution in [0.1, 0.15) is 21.1 Å². The van der Waals surface area contributed by atoms with Gasteiger partial charge in [0.1, 0.15) is 22.2 Å². The first-order valence-electron chi connectivity index (χ1n) is 9.56. The van der Waals surface area contributed by atoms with Gasteiger partial charge in [0.05, 0.1) is 25.6 Å². The maximum absolute atomic E-state index is 12.7. The van der Waals surface area contributed by atoms with Crippen LogP contribution in [0.25, 0.3) is 16.3 Å². The van der Waals surface area contributed by atoms with Crippen LogP contribution < -0.4 is 9.47 Å². The number of benzene rings is 2. The van der Waals surface area contributed by atoms with Gasteiger partial charge in [0, 0.05) is 11.8 Å². The lowest BCUT2D eigenvalue weighted by molar-refractivity contribution is 0.0472. The van der Waals surface area contributed by atoms with Gasteiger partial charge in [-0.1, -0.05) is 18.2 Å². The summed E-state index contributed by atoms with van der Waals surface area (Å²) in [6.07, 6.45) is 1.84. The molecule has 0 aliphatic rings. The minimum absolute atomic E-state index is 0.0850. The molecule has 0 aliphatic heterocycles. The number of thiazole rings is 1. The number of nitrogens with zero attached hydrogens (tertiary/aromatic N) is 3. The molecular formula is C23H21N3O4S. The molecule has 4 aromatic rings. The third-order valence-electron chi connectivity index (χ3n) is 4.63. The second kappa shape index (κ2) is 9.01. The van der Waals surface area contributed by atoms with Crippen molar-refractivity contribution >= 4 is 17.3 Å². The lowest BCUT2D eigenvalue weighted by Gasteiger charge is -2.08. The standard InChI is InChI=1S/C23H21N3O4S/c1-15-21(31-22(24-15)16-9-10-19(28-2)20(13-16)29-3)23(27)30-14-17-11-12-26(25-17)18-7-5-4-6-8-18/h4-13H,14H2,1-3H3. The molecule has 0 saturated heterocycles. The fourth-order valence-corrected chi connectivity index (χ4v) is 4.00. The van der Waals surface area contributed by atoms with Crippen molar-refractivity contribution < 1.29 is 19.0 Å². The topological polar surface area (TPSA) is 75.5 Å². The highest BCUT2D eigenvalue weighted by Gasteiger charge is 2.19. The summed E-state index contributed by atoms with van der Waals surface area (Å²) >= 11 is 1.28. The molecule has 0 atom stereocenters. The van der Waals surface area contributed by atoms with Gasteiger partial charge in [-0.15, -0.1) is 11.3 Å². The van der Waals surface area contributed by atoms with Crippen LogP contribution in [-0.4, -0.2) is 35.0 Å². The summed E-state index contributed by atoms with van der Waals surface area (Å²) in [5, 5.41) is 5.17. The number of carbonyl (C=O) groups is 1. The Morgan fingerprint density at radius 1 is 1.03 bits per heavy atom. The number of carbonyl (C=O) groups excluding carboxylic acids is 1. The van der Waals surface area contributed by atoms with Gasteiger partial charge in [-0.2, -0.15) is 5.10 Å². The average Bonchev–Trinajstić information content (AvgIpc) is 3.44. The summed E-state index contributed by atoms with van der Waals surface area (Å²) in [7, 11) is 3.17. The van der Waals surface area contributed by atoms with Gasteiger partial charge >= 0.3 is 5.97 Å². The van der Waals surface area contributed by atoms with Crippen LogP contribution in [0.5, 0.6) is 11.5 Å². The minimum Gasteiger partial charge on any atom is -0.493 e. The van der Waals surface area contributed by atoms with Crippen molar-refractivity contribution in [1.82, 2.24) is 14.8 Å². The number of hydrogen-bond acceptors (Lipinski definition) is 7. The van der Waals surface area contributed by atoms with E-state index in [-0.39, 0.29) is 6.61 Å². The molecule has 0 amide bonds. The number of hydrogen-bond donors (Lipinski definition) is 0. The molecule has 0 aliphatic carbocycles. The number of esters is 1. The first-order chi connectivity index (χ1) is 15.1. The Balaban J connectivity index is 1.47. The molecular weight excluding hydrogens is 414 g/mol. The van der Waals surface area contributed by atoms with Crippen molar-refractivity contribution in [1.29, 1.82) is 0 Å². The molecule has 7 nitrogen and oxygen atoms in total. The second-order valence-corrected chi connectivity index (χ2v) is 7.67. The molecule has 0 unspecified atom stereocenters. The maximum Gasteiger partial charge on any atom is 0.350 e. The summed E-state index contributed by atoms with van der Waals surface area (Å²) in [6, 6.07) is 17.1. The number of methoxy groups -OCH3 is 2. The van der Waals surface area contributed by atoms with Gasteiger partial charge in [-0.25, -0.2) is 14.5 Å². The smallest absolute Gasteiger partial charge is 0.350 e. The normalized spacial score (nSPS) is 10.7. The van der Waals surface area contributed by atoms with Crippen molar-refractivity contribution in [2.75, 3.05) is 14.2 Å². The molecule has 158 valence electrons. The van der Waals surface area contributed by atoms with Crippen molar-refractivity contribution in [3.63, 3.8) is 0 Å². The Morgan fingerprint density at radius 3 is 2.55 bits per heavy atom. The summed E-state index contributed by atoms with van der Waals surface area (Å²) in [6.45, 7) is 1.88. The zero-order chi connectivity index (χ0) is 21.8. The van der Waals surface area contributed by atoms with Gasteiger partial charge in [-0.05, 0) is 43.3 Å². The van der Waals surface area contributed by atoms with Gasteiger partial charge in [-0.3, -0.25) is 0 Å². The molecule has 8 heteroatoms. The number of aryl methyl sites for hydroxylation is 1. The highest BCUT2D eigenvalue weighted by Crippen LogP contribution is 2.35. The molecule has 4 rings (SSSR count). The molecule has 2 aromatic heterocycles. The molecule has 0 N–H and O–H groups in total. The Hall–Kier alpha value is -3.65. The maximum atomic E-state index is 12.7. The first kappa shape index (κ1) is 20.6. The third kappa shape index (κ3) is 4.44. The summed E-state index contributed by atoms with van der Waals surface area (Å²) < 4.78 is 17.9. The van der Waals surface area contributed by atoms with E-state index in [1.807, 2.05) is 60.8 Å². The van der Waals surface area contributed by atoms with E-state index in [4.69, 9.17) is 14.2 Å². The van der Waals surface area contributed by atoms with Crippen LogP contribution >= 0.6 is 11.3 Å². The van der Waals surface area contributed by atoms with Crippen LogP contribution in [0, 0.1) is 6.92 Å². The third-order valence-corrected chi connectivity index (χ3v) is 5.82. The number of para-hydroxylation sites is 1. The fraction of sp³-hybridized carbons (Fsp3) is 0.174. The lowest BCUT2D eigenvalue weighted by Crippen LogP contribution is -2.05. The monoisotopic (exact) mass is 435 g/mol. The van der Waals surface area contributed by atoms with Crippen LogP contribution in [0.4, 0.5) is 0 Å². The number of rotatable bonds is 7. The van der Waals surface area contributed by atoms with E-state index >= 15 is 0 Å². The van der Waals surface area contributed by atoms with Crippen molar-refractivity contribution in [2.24, 2.45) is 0 Å². The molecule has 0 saturated carbocycles. The first-order valence-corrected chi connectivity index (χ1v) is 10.4. The number of ether oxygens (including phenoxy) is 3. The van der Waals surface area contributed by atoms with Crippen molar-refractivity contribution in [3.05, 3.63) is 77.1 Å². The predicted octanol–water partition coefficient (Wildman–Crippen LogP) is 4.68. The summed E-state index contributed by atoms with van der Waals surface area (Å²) in [5.74, 6) is 0.816. The molecule has 2 heterocycles. The minimum atomic E-state index is -0.420. The van der Waals surface area contributed by atoms with Crippen molar-refractivity contribution in [3.8, 4) is 27.8 Å². The van der Waals surface area contributed by atoms with E-state index in [9.17, 15) is 4.79 Å². The quantitative estimate of drug-likeness (QED) is 0.393. The lowest BCUT2D eigenvalue weighted by atomic mass is 10.2. The fourth-order valence-electron chi connectivity index (χ4n) is 3.05. The molecule has 0 radical (unpaired) electrons. The summed E-state index contributed by atoms with van der Waals surface area (Å²) in [5.41, 5.74) is 3.07.